The molecule has 0 aliphatic carbocycles. The summed E-state index contributed by atoms with van der Waals surface area (Å²) in [5, 5.41) is 0.816. The average Bonchev–Trinajstić information content (AvgIpc) is 2.07. The van der Waals surface area contributed by atoms with Gasteiger partial charge in [-0.2, -0.15) is 0 Å². The van der Waals surface area contributed by atoms with E-state index in [4.69, 9.17) is 33.7 Å². The van der Waals surface area contributed by atoms with Crippen molar-refractivity contribution >= 4 is 29.1 Å². The SMILES string of the molecule is NC(=O)COc1ccc(Cl)c(Cl)c1. The van der Waals surface area contributed by atoms with Crippen molar-refractivity contribution in [2.24, 2.45) is 5.73 Å². The summed E-state index contributed by atoms with van der Waals surface area (Å²) in [6.45, 7) is -0.169. The topological polar surface area (TPSA) is 52.3 Å². The summed E-state index contributed by atoms with van der Waals surface area (Å²) in [4.78, 5) is 10.4. The van der Waals surface area contributed by atoms with E-state index in [-0.39, 0.29) is 6.61 Å². The van der Waals surface area contributed by atoms with E-state index in [9.17, 15) is 4.79 Å². The van der Waals surface area contributed by atoms with Crippen LogP contribution in [0.15, 0.2) is 18.2 Å². The monoisotopic (exact) mass is 219 g/mol. The third kappa shape index (κ3) is 3.13. The minimum absolute atomic E-state index is 0.169. The van der Waals surface area contributed by atoms with Gasteiger partial charge in [-0.25, -0.2) is 0 Å². The van der Waals surface area contributed by atoms with Gasteiger partial charge in [0.05, 0.1) is 10.0 Å². The van der Waals surface area contributed by atoms with Crippen molar-refractivity contribution in [3.8, 4) is 5.75 Å². The molecule has 1 aromatic rings. The van der Waals surface area contributed by atoms with E-state index in [2.05, 4.69) is 0 Å². The van der Waals surface area contributed by atoms with Crippen LogP contribution in [-0.4, -0.2) is 12.5 Å². The second kappa shape index (κ2) is 4.35. The molecule has 0 radical (unpaired) electrons. The number of nitrogens with two attached hydrogens (primary N) is 1. The van der Waals surface area contributed by atoms with Gasteiger partial charge >= 0.3 is 0 Å². The Balaban J connectivity index is 2.68. The molecule has 0 aromatic heterocycles. The number of primary amides is 1. The average molecular weight is 220 g/mol. The highest BCUT2D eigenvalue weighted by atomic mass is 35.5. The van der Waals surface area contributed by atoms with Crippen LogP contribution in [0.4, 0.5) is 0 Å². The molecule has 0 heterocycles. The predicted molar refractivity (Wildman–Crippen MR) is 51.2 cm³/mol. The maximum atomic E-state index is 10.4. The fourth-order valence-electron chi connectivity index (χ4n) is 0.721. The second-order valence-corrected chi connectivity index (χ2v) is 3.15. The quantitative estimate of drug-likeness (QED) is 0.844. The Labute approximate surface area is 85.4 Å². The Morgan fingerprint density at radius 1 is 1.38 bits per heavy atom. The van der Waals surface area contributed by atoms with E-state index in [0.717, 1.165) is 0 Å². The zero-order valence-corrected chi connectivity index (χ0v) is 8.10. The van der Waals surface area contributed by atoms with Crippen molar-refractivity contribution in [3.63, 3.8) is 0 Å². The first-order chi connectivity index (χ1) is 6.09. The zero-order valence-electron chi connectivity index (χ0n) is 6.59. The molecule has 0 atom stereocenters. The van der Waals surface area contributed by atoms with Crippen LogP contribution in [0.1, 0.15) is 0 Å². The molecule has 2 N–H and O–H groups in total. The number of rotatable bonds is 3. The lowest BCUT2D eigenvalue weighted by Gasteiger charge is -2.03. The summed E-state index contributed by atoms with van der Waals surface area (Å²) in [7, 11) is 0. The van der Waals surface area contributed by atoms with Gasteiger partial charge in [0, 0.05) is 6.07 Å². The van der Waals surface area contributed by atoms with Crippen molar-refractivity contribution in [3.05, 3.63) is 28.2 Å². The van der Waals surface area contributed by atoms with Gasteiger partial charge in [-0.3, -0.25) is 4.79 Å². The van der Waals surface area contributed by atoms with Gasteiger partial charge in [0.1, 0.15) is 5.75 Å². The van der Waals surface area contributed by atoms with E-state index >= 15 is 0 Å². The van der Waals surface area contributed by atoms with Crippen LogP contribution in [0.2, 0.25) is 10.0 Å². The van der Waals surface area contributed by atoms with Crippen LogP contribution in [0.5, 0.6) is 5.75 Å². The van der Waals surface area contributed by atoms with Gasteiger partial charge in [-0.1, -0.05) is 23.2 Å². The van der Waals surface area contributed by atoms with Gasteiger partial charge in [0.25, 0.3) is 5.91 Å². The summed E-state index contributed by atoms with van der Waals surface area (Å²) in [6.07, 6.45) is 0. The Morgan fingerprint density at radius 3 is 2.62 bits per heavy atom. The molecule has 0 unspecified atom stereocenters. The normalized spacial score (nSPS) is 9.69. The van der Waals surface area contributed by atoms with Crippen molar-refractivity contribution < 1.29 is 9.53 Å². The highest BCUT2D eigenvalue weighted by molar-refractivity contribution is 6.42. The first kappa shape index (κ1) is 10.2. The highest BCUT2D eigenvalue weighted by Crippen LogP contribution is 2.26. The largest absolute Gasteiger partial charge is 0.484 e. The first-order valence-corrected chi connectivity index (χ1v) is 4.21. The van der Waals surface area contributed by atoms with E-state index < -0.39 is 5.91 Å². The van der Waals surface area contributed by atoms with E-state index in [1.807, 2.05) is 0 Å². The molecule has 70 valence electrons. The second-order valence-electron chi connectivity index (χ2n) is 2.33. The molecule has 13 heavy (non-hydrogen) atoms. The summed E-state index contributed by atoms with van der Waals surface area (Å²) >= 11 is 11.4. The number of hydrogen-bond donors (Lipinski definition) is 1. The van der Waals surface area contributed by atoms with Crippen LogP contribution in [0.3, 0.4) is 0 Å². The molecule has 0 saturated carbocycles. The number of hydrogen-bond acceptors (Lipinski definition) is 2. The van der Waals surface area contributed by atoms with Gasteiger partial charge in [0.15, 0.2) is 6.61 Å². The van der Waals surface area contributed by atoms with Gasteiger partial charge < -0.3 is 10.5 Å². The smallest absolute Gasteiger partial charge is 0.255 e. The van der Waals surface area contributed by atoms with Gasteiger partial charge in [0.2, 0.25) is 0 Å². The number of halogens is 2. The number of amides is 1. The van der Waals surface area contributed by atoms with Crippen LogP contribution in [-0.2, 0) is 4.79 Å². The van der Waals surface area contributed by atoms with E-state index in [1.54, 1.807) is 12.1 Å². The van der Waals surface area contributed by atoms with Crippen molar-refractivity contribution in [1.29, 1.82) is 0 Å². The Morgan fingerprint density at radius 2 is 2.08 bits per heavy atom. The summed E-state index contributed by atoms with van der Waals surface area (Å²) in [5.41, 5.74) is 4.89. The Bertz CT molecular complexity index is 328. The third-order valence-electron chi connectivity index (χ3n) is 1.27. The molecule has 5 heteroatoms. The highest BCUT2D eigenvalue weighted by Gasteiger charge is 2.01. The molecule has 0 bridgehead atoms. The molecule has 0 fully saturated rings. The molecule has 1 aromatic carbocycles. The van der Waals surface area contributed by atoms with Gasteiger partial charge in [-0.05, 0) is 12.1 Å². The molecule has 1 amide bonds. The number of carbonyl (C=O) groups excluding carboxylic acids is 1. The van der Waals surface area contributed by atoms with Gasteiger partial charge in [-0.15, -0.1) is 0 Å². The lowest BCUT2D eigenvalue weighted by atomic mass is 10.3. The molecule has 0 aliphatic heterocycles. The molecular formula is C8H7Cl2NO2. The summed E-state index contributed by atoms with van der Waals surface area (Å²) in [5.74, 6) is -0.0701. The van der Waals surface area contributed by atoms with Crippen LogP contribution in [0.25, 0.3) is 0 Å². The fraction of sp³-hybridized carbons (Fsp3) is 0.125. The fourth-order valence-corrected chi connectivity index (χ4v) is 1.01. The molecule has 0 spiro atoms. The molecule has 1 rings (SSSR count). The van der Waals surface area contributed by atoms with E-state index in [0.29, 0.717) is 15.8 Å². The third-order valence-corrected chi connectivity index (χ3v) is 2.01. The first-order valence-electron chi connectivity index (χ1n) is 3.46. The van der Waals surface area contributed by atoms with Crippen LogP contribution < -0.4 is 10.5 Å². The lowest BCUT2D eigenvalue weighted by Crippen LogP contribution is -2.19. The standard InChI is InChI=1S/C8H7Cl2NO2/c9-6-2-1-5(3-7(6)10)13-4-8(11)12/h1-3H,4H2,(H2,11,12). The molecule has 0 aliphatic rings. The number of benzene rings is 1. The lowest BCUT2D eigenvalue weighted by molar-refractivity contribution is -0.119. The number of ether oxygens (including phenoxy) is 1. The number of carbonyl (C=O) groups is 1. The Kier molecular flexibility index (Phi) is 3.39. The minimum atomic E-state index is -0.536. The summed E-state index contributed by atoms with van der Waals surface area (Å²) < 4.78 is 4.99. The maximum absolute atomic E-state index is 10.4. The predicted octanol–water partition coefficient (Wildman–Crippen LogP) is 1.86. The zero-order chi connectivity index (χ0) is 9.84. The molecule has 3 nitrogen and oxygen atoms in total. The Hall–Kier alpha value is -0.930. The minimum Gasteiger partial charge on any atom is -0.484 e. The van der Waals surface area contributed by atoms with Crippen molar-refractivity contribution in [1.82, 2.24) is 0 Å². The van der Waals surface area contributed by atoms with Crippen molar-refractivity contribution in [2.75, 3.05) is 6.61 Å². The molecular weight excluding hydrogens is 213 g/mol. The maximum Gasteiger partial charge on any atom is 0.255 e. The van der Waals surface area contributed by atoms with E-state index in [1.165, 1.54) is 6.07 Å². The van der Waals surface area contributed by atoms with Crippen LogP contribution >= 0.6 is 23.2 Å². The van der Waals surface area contributed by atoms with Crippen LogP contribution in [0, 0.1) is 0 Å². The van der Waals surface area contributed by atoms with Crippen molar-refractivity contribution in [2.45, 2.75) is 0 Å². The summed E-state index contributed by atoms with van der Waals surface area (Å²) in [6, 6.07) is 4.71. The molecule has 0 saturated heterocycles.